The van der Waals surface area contributed by atoms with Crippen molar-refractivity contribution in [3.8, 4) is 5.75 Å². The van der Waals surface area contributed by atoms with Crippen molar-refractivity contribution in [3.63, 3.8) is 0 Å². The molecule has 0 radical (unpaired) electrons. The SMILES string of the molecule is COc1ccc(S(=O)(=O)N[C@@H](c2ccccc2)C2CC2)cc1NC(C)=O. The van der Waals surface area contributed by atoms with E-state index in [4.69, 9.17) is 4.74 Å². The van der Waals surface area contributed by atoms with Gasteiger partial charge in [0.1, 0.15) is 5.75 Å². The van der Waals surface area contributed by atoms with Crippen LogP contribution in [0.3, 0.4) is 0 Å². The number of carbonyl (C=O) groups is 1. The summed E-state index contributed by atoms with van der Waals surface area (Å²) in [6.07, 6.45) is 2.00. The first-order chi connectivity index (χ1) is 12.4. The Hall–Kier alpha value is -2.38. The first-order valence-corrected chi connectivity index (χ1v) is 9.92. The molecule has 0 aliphatic heterocycles. The second-order valence-electron chi connectivity index (χ2n) is 6.39. The van der Waals surface area contributed by atoms with Crippen LogP contribution in [-0.2, 0) is 14.8 Å². The van der Waals surface area contributed by atoms with Crippen LogP contribution in [0, 0.1) is 5.92 Å². The van der Waals surface area contributed by atoms with Gasteiger partial charge in [-0.15, -0.1) is 0 Å². The number of benzene rings is 2. The van der Waals surface area contributed by atoms with Gasteiger partial charge in [-0.1, -0.05) is 30.3 Å². The van der Waals surface area contributed by atoms with Gasteiger partial charge in [0, 0.05) is 13.0 Å². The van der Waals surface area contributed by atoms with Crippen molar-refractivity contribution in [2.24, 2.45) is 5.92 Å². The molecule has 1 aliphatic carbocycles. The van der Waals surface area contributed by atoms with Crippen LogP contribution in [0.5, 0.6) is 5.75 Å². The van der Waals surface area contributed by atoms with Gasteiger partial charge in [-0.25, -0.2) is 13.1 Å². The van der Waals surface area contributed by atoms with Gasteiger partial charge in [-0.3, -0.25) is 4.79 Å². The molecular formula is C19H22N2O4S. The molecule has 2 aromatic carbocycles. The Labute approximate surface area is 153 Å². The molecule has 7 heteroatoms. The lowest BCUT2D eigenvalue weighted by molar-refractivity contribution is -0.114. The minimum Gasteiger partial charge on any atom is -0.495 e. The summed E-state index contributed by atoms with van der Waals surface area (Å²) in [7, 11) is -2.29. The molecule has 1 saturated carbocycles. The van der Waals surface area contributed by atoms with Crippen molar-refractivity contribution in [3.05, 3.63) is 54.1 Å². The first kappa shape index (κ1) is 18.4. The standard InChI is InChI=1S/C19H22N2O4S/c1-13(22)20-17-12-16(10-11-18(17)25-2)26(23,24)21-19(15-8-9-15)14-6-4-3-5-7-14/h3-7,10-12,15,19,21H,8-9H2,1-2H3,(H,20,22)/t19-/m0/s1. The third-order valence-electron chi connectivity index (χ3n) is 4.33. The lowest BCUT2D eigenvalue weighted by Crippen LogP contribution is -2.30. The number of sulfonamides is 1. The van der Waals surface area contributed by atoms with E-state index < -0.39 is 10.0 Å². The van der Waals surface area contributed by atoms with E-state index in [-0.39, 0.29) is 16.8 Å². The van der Waals surface area contributed by atoms with Crippen LogP contribution in [0.4, 0.5) is 5.69 Å². The van der Waals surface area contributed by atoms with E-state index in [0.717, 1.165) is 18.4 Å². The highest BCUT2D eigenvalue weighted by Gasteiger charge is 2.35. The molecule has 2 aromatic rings. The van der Waals surface area contributed by atoms with Crippen molar-refractivity contribution < 1.29 is 17.9 Å². The summed E-state index contributed by atoms with van der Waals surface area (Å²) in [6.45, 7) is 1.36. The molecule has 2 N–H and O–H groups in total. The quantitative estimate of drug-likeness (QED) is 0.780. The van der Waals surface area contributed by atoms with Crippen molar-refractivity contribution in [2.75, 3.05) is 12.4 Å². The van der Waals surface area contributed by atoms with Gasteiger partial charge < -0.3 is 10.1 Å². The Morgan fingerprint density at radius 2 is 1.85 bits per heavy atom. The Morgan fingerprint density at radius 3 is 2.42 bits per heavy atom. The van der Waals surface area contributed by atoms with Gasteiger partial charge in [0.25, 0.3) is 0 Å². The molecule has 138 valence electrons. The Bertz CT molecular complexity index is 893. The third-order valence-corrected chi connectivity index (χ3v) is 5.76. The number of methoxy groups -OCH3 is 1. The predicted octanol–water partition coefficient (Wildman–Crippen LogP) is 3.08. The highest BCUT2D eigenvalue weighted by atomic mass is 32.2. The van der Waals surface area contributed by atoms with E-state index in [2.05, 4.69) is 10.0 Å². The molecule has 0 heterocycles. The summed E-state index contributed by atoms with van der Waals surface area (Å²) < 4.78 is 33.8. The lowest BCUT2D eigenvalue weighted by atomic mass is 10.0. The lowest BCUT2D eigenvalue weighted by Gasteiger charge is -2.19. The van der Waals surface area contributed by atoms with Crippen LogP contribution >= 0.6 is 0 Å². The fourth-order valence-corrected chi connectivity index (χ4v) is 4.22. The average molecular weight is 374 g/mol. The fourth-order valence-electron chi connectivity index (χ4n) is 2.90. The van der Waals surface area contributed by atoms with Gasteiger partial charge in [0.2, 0.25) is 15.9 Å². The van der Waals surface area contributed by atoms with E-state index in [1.165, 1.54) is 32.2 Å². The molecule has 1 amide bonds. The van der Waals surface area contributed by atoms with Crippen molar-refractivity contribution in [1.29, 1.82) is 0 Å². The third kappa shape index (κ3) is 4.23. The van der Waals surface area contributed by atoms with Crippen LogP contribution in [0.25, 0.3) is 0 Å². The van der Waals surface area contributed by atoms with Crippen LogP contribution < -0.4 is 14.8 Å². The van der Waals surface area contributed by atoms with Gasteiger partial charge in [0.05, 0.1) is 17.7 Å². The monoisotopic (exact) mass is 374 g/mol. The molecule has 6 nitrogen and oxygen atoms in total. The molecule has 0 unspecified atom stereocenters. The van der Waals surface area contributed by atoms with Gasteiger partial charge in [-0.2, -0.15) is 0 Å². The Balaban J connectivity index is 1.91. The maximum Gasteiger partial charge on any atom is 0.241 e. The maximum absolute atomic E-state index is 12.9. The summed E-state index contributed by atoms with van der Waals surface area (Å²) in [6, 6.07) is 13.7. The number of amides is 1. The highest BCUT2D eigenvalue weighted by molar-refractivity contribution is 7.89. The Morgan fingerprint density at radius 1 is 1.15 bits per heavy atom. The number of rotatable bonds is 7. The summed E-state index contributed by atoms with van der Waals surface area (Å²) in [5, 5.41) is 2.60. The number of hydrogen-bond acceptors (Lipinski definition) is 4. The van der Waals surface area contributed by atoms with Gasteiger partial charge in [0.15, 0.2) is 0 Å². The number of hydrogen-bond donors (Lipinski definition) is 2. The zero-order chi connectivity index (χ0) is 18.7. The van der Waals surface area contributed by atoms with Crippen LogP contribution in [0.15, 0.2) is 53.4 Å². The average Bonchev–Trinajstić information content (AvgIpc) is 3.45. The van der Waals surface area contributed by atoms with Crippen LogP contribution in [0.1, 0.15) is 31.4 Å². The van der Waals surface area contributed by atoms with Crippen LogP contribution in [0.2, 0.25) is 0 Å². The Kier molecular flexibility index (Phi) is 5.29. The van der Waals surface area contributed by atoms with E-state index >= 15 is 0 Å². The summed E-state index contributed by atoms with van der Waals surface area (Å²) in [4.78, 5) is 11.5. The first-order valence-electron chi connectivity index (χ1n) is 8.43. The zero-order valence-electron chi connectivity index (χ0n) is 14.7. The number of anilines is 1. The fraction of sp³-hybridized carbons (Fsp3) is 0.316. The van der Waals surface area contributed by atoms with Crippen LogP contribution in [-0.4, -0.2) is 21.4 Å². The molecular weight excluding hydrogens is 352 g/mol. The molecule has 3 rings (SSSR count). The highest BCUT2D eigenvalue weighted by Crippen LogP contribution is 2.42. The molecule has 0 aromatic heterocycles. The molecule has 0 saturated heterocycles. The molecule has 26 heavy (non-hydrogen) atoms. The minimum atomic E-state index is -3.75. The van der Waals surface area contributed by atoms with E-state index in [1.807, 2.05) is 30.3 Å². The molecule has 1 fully saturated rings. The number of carbonyl (C=O) groups excluding carboxylic acids is 1. The normalized spacial score (nSPS) is 15.3. The number of nitrogens with one attached hydrogen (secondary N) is 2. The molecule has 0 spiro atoms. The topological polar surface area (TPSA) is 84.5 Å². The smallest absolute Gasteiger partial charge is 0.241 e. The summed E-state index contributed by atoms with van der Waals surface area (Å²) in [5.41, 5.74) is 1.28. The molecule has 1 aliphatic rings. The van der Waals surface area contributed by atoms with Crippen molar-refractivity contribution >= 4 is 21.6 Å². The number of ether oxygens (including phenoxy) is 1. The molecule has 1 atom stereocenters. The maximum atomic E-state index is 12.9. The van der Waals surface area contributed by atoms with Gasteiger partial charge in [-0.05, 0) is 42.5 Å². The second-order valence-corrected chi connectivity index (χ2v) is 8.10. The summed E-state index contributed by atoms with van der Waals surface area (Å²) >= 11 is 0. The predicted molar refractivity (Wildman–Crippen MR) is 99.5 cm³/mol. The largest absolute Gasteiger partial charge is 0.495 e. The van der Waals surface area contributed by atoms with E-state index in [9.17, 15) is 13.2 Å². The van der Waals surface area contributed by atoms with Crippen molar-refractivity contribution in [2.45, 2.75) is 30.7 Å². The van der Waals surface area contributed by atoms with Gasteiger partial charge >= 0.3 is 0 Å². The summed E-state index contributed by atoms with van der Waals surface area (Å²) in [5.74, 6) is 0.409. The second kappa shape index (κ2) is 7.47. The van der Waals surface area contributed by atoms with Crippen molar-refractivity contribution in [1.82, 2.24) is 4.72 Å². The van der Waals surface area contributed by atoms with E-state index in [0.29, 0.717) is 17.4 Å². The zero-order valence-corrected chi connectivity index (χ0v) is 15.5. The molecule has 0 bridgehead atoms. The van der Waals surface area contributed by atoms with E-state index in [1.54, 1.807) is 0 Å². The minimum absolute atomic E-state index is 0.0867.